The topological polar surface area (TPSA) is 110 Å². The van der Waals surface area contributed by atoms with E-state index in [0.29, 0.717) is 40.2 Å². The number of nitrogens with zero attached hydrogens (tertiary/aromatic N) is 1. The van der Waals surface area contributed by atoms with Crippen LogP contribution in [-0.4, -0.2) is 43.0 Å². The van der Waals surface area contributed by atoms with E-state index in [2.05, 4.69) is 35.0 Å². The first kappa shape index (κ1) is 27.7. The maximum atomic E-state index is 12.7. The molecule has 3 rings (SSSR count). The molecule has 1 aliphatic rings. The molecule has 2 aromatic carbocycles. The maximum Gasteiger partial charge on any atom is 0.338 e. The summed E-state index contributed by atoms with van der Waals surface area (Å²) in [6.45, 7) is 8.28. The smallest absolute Gasteiger partial charge is 0.338 e. The SMILES string of the molecule is CCOC(=O)C1=C(C)NC(=S)N[C@@H]1c1ccccc1OCC(=O)NN=Cc1ccc(OCC(C)C)cc1. The number of para-hydroxylation sites is 1. The minimum absolute atomic E-state index is 0.238. The summed E-state index contributed by atoms with van der Waals surface area (Å²) < 4.78 is 16.7. The molecule has 9 nitrogen and oxygen atoms in total. The highest BCUT2D eigenvalue weighted by molar-refractivity contribution is 7.80. The number of amides is 1. The molecule has 196 valence electrons. The first-order chi connectivity index (χ1) is 17.8. The van der Waals surface area contributed by atoms with Gasteiger partial charge in [0.25, 0.3) is 5.91 Å². The molecule has 10 heteroatoms. The zero-order valence-corrected chi connectivity index (χ0v) is 22.2. The number of carbonyl (C=O) groups excluding carboxylic acids is 2. The van der Waals surface area contributed by atoms with Gasteiger partial charge in [-0.05, 0) is 67.9 Å². The molecular formula is C27H32N4O5S. The van der Waals surface area contributed by atoms with Crippen LogP contribution in [0.4, 0.5) is 0 Å². The average molecular weight is 525 g/mol. The fraction of sp³-hybridized carbons (Fsp3) is 0.333. The van der Waals surface area contributed by atoms with Crippen molar-refractivity contribution >= 4 is 35.4 Å². The minimum atomic E-state index is -0.599. The van der Waals surface area contributed by atoms with Crippen LogP contribution in [0.15, 0.2) is 64.9 Å². The second-order valence-electron chi connectivity index (χ2n) is 8.68. The van der Waals surface area contributed by atoms with Gasteiger partial charge in [0.1, 0.15) is 11.5 Å². The first-order valence-corrected chi connectivity index (χ1v) is 12.4. The molecule has 1 atom stereocenters. The van der Waals surface area contributed by atoms with Gasteiger partial charge in [-0.25, -0.2) is 10.2 Å². The van der Waals surface area contributed by atoms with E-state index in [0.717, 1.165) is 11.3 Å². The molecule has 0 fully saturated rings. The number of thiocarbonyl (C=S) groups is 1. The Morgan fingerprint density at radius 2 is 1.86 bits per heavy atom. The van der Waals surface area contributed by atoms with Gasteiger partial charge in [-0.3, -0.25) is 4.79 Å². The Morgan fingerprint density at radius 1 is 1.14 bits per heavy atom. The molecular weight excluding hydrogens is 492 g/mol. The fourth-order valence-corrected chi connectivity index (χ4v) is 3.80. The maximum absolute atomic E-state index is 12.7. The lowest BCUT2D eigenvalue weighted by Gasteiger charge is -2.30. The van der Waals surface area contributed by atoms with Crippen molar-refractivity contribution < 1.29 is 23.8 Å². The molecule has 0 spiro atoms. The van der Waals surface area contributed by atoms with E-state index in [4.69, 9.17) is 26.4 Å². The number of hydrogen-bond acceptors (Lipinski definition) is 7. The van der Waals surface area contributed by atoms with Crippen molar-refractivity contribution in [3.63, 3.8) is 0 Å². The van der Waals surface area contributed by atoms with Gasteiger partial charge in [0, 0.05) is 11.3 Å². The zero-order valence-electron chi connectivity index (χ0n) is 21.4. The molecule has 1 heterocycles. The van der Waals surface area contributed by atoms with Crippen LogP contribution in [0.2, 0.25) is 0 Å². The number of hydrogen-bond donors (Lipinski definition) is 3. The summed E-state index contributed by atoms with van der Waals surface area (Å²) in [5.74, 6) is 0.750. The van der Waals surface area contributed by atoms with Crippen molar-refractivity contribution in [3.05, 3.63) is 70.9 Å². The molecule has 0 saturated carbocycles. The summed E-state index contributed by atoms with van der Waals surface area (Å²) in [5, 5.41) is 10.4. The molecule has 0 bridgehead atoms. The van der Waals surface area contributed by atoms with Gasteiger partial charge in [0.05, 0.1) is 31.0 Å². The lowest BCUT2D eigenvalue weighted by molar-refractivity contribution is -0.139. The normalized spacial score (nSPS) is 15.3. The van der Waals surface area contributed by atoms with E-state index in [9.17, 15) is 9.59 Å². The lowest BCUT2D eigenvalue weighted by Crippen LogP contribution is -2.45. The van der Waals surface area contributed by atoms with Crippen molar-refractivity contribution in [3.8, 4) is 11.5 Å². The van der Waals surface area contributed by atoms with Crippen LogP contribution in [-0.2, 0) is 14.3 Å². The summed E-state index contributed by atoms with van der Waals surface area (Å²) in [6, 6.07) is 13.9. The van der Waals surface area contributed by atoms with Crippen molar-refractivity contribution in [1.29, 1.82) is 0 Å². The summed E-state index contributed by atoms with van der Waals surface area (Å²) in [7, 11) is 0. The Hall–Kier alpha value is -3.92. The van der Waals surface area contributed by atoms with Gasteiger partial charge >= 0.3 is 5.97 Å². The molecule has 2 aromatic rings. The predicted octanol–water partition coefficient (Wildman–Crippen LogP) is 3.61. The van der Waals surface area contributed by atoms with Crippen molar-refractivity contribution in [2.75, 3.05) is 19.8 Å². The second-order valence-corrected chi connectivity index (χ2v) is 9.09. The summed E-state index contributed by atoms with van der Waals surface area (Å²) >= 11 is 5.30. The van der Waals surface area contributed by atoms with Gasteiger partial charge in [0.2, 0.25) is 0 Å². The number of ether oxygens (including phenoxy) is 3. The summed E-state index contributed by atoms with van der Waals surface area (Å²) in [4.78, 5) is 25.0. The standard InChI is InChI=1S/C27H32N4O5S/c1-5-34-26(33)24-18(4)29-27(37)30-25(24)21-8-6-7-9-22(21)36-16-23(32)31-28-14-19-10-12-20(13-11-19)35-15-17(2)3/h6-14,17,25H,5,15-16H2,1-4H3,(H,31,32)(H2,29,30,37)/t25-/m1/s1. The van der Waals surface area contributed by atoms with Crippen molar-refractivity contribution in [1.82, 2.24) is 16.1 Å². The largest absolute Gasteiger partial charge is 0.493 e. The highest BCUT2D eigenvalue weighted by Crippen LogP contribution is 2.33. The van der Waals surface area contributed by atoms with E-state index >= 15 is 0 Å². The predicted molar refractivity (Wildman–Crippen MR) is 145 cm³/mol. The van der Waals surface area contributed by atoms with Crippen LogP contribution < -0.4 is 25.5 Å². The number of nitrogens with one attached hydrogen (secondary N) is 3. The van der Waals surface area contributed by atoms with Gasteiger partial charge in [-0.15, -0.1) is 0 Å². The van der Waals surface area contributed by atoms with Crippen LogP contribution in [0.1, 0.15) is 44.9 Å². The molecule has 1 aliphatic heterocycles. The number of benzene rings is 2. The van der Waals surface area contributed by atoms with Gasteiger partial charge in [-0.1, -0.05) is 32.0 Å². The van der Waals surface area contributed by atoms with Crippen molar-refractivity contribution in [2.45, 2.75) is 33.7 Å². The Balaban J connectivity index is 1.62. The molecule has 3 N–H and O–H groups in total. The van der Waals surface area contributed by atoms with Crippen LogP contribution in [0.25, 0.3) is 0 Å². The van der Waals surface area contributed by atoms with Crippen LogP contribution in [0, 0.1) is 5.92 Å². The van der Waals surface area contributed by atoms with Crippen LogP contribution in [0.3, 0.4) is 0 Å². The first-order valence-electron chi connectivity index (χ1n) is 12.0. The zero-order chi connectivity index (χ0) is 26.8. The lowest BCUT2D eigenvalue weighted by atomic mass is 9.95. The Bertz CT molecular complexity index is 1180. The number of hydrazone groups is 1. The van der Waals surface area contributed by atoms with E-state index in [1.165, 1.54) is 6.21 Å². The molecule has 0 aromatic heterocycles. The molecule has 0 saturated heterocycles. The Morgan fingerprint density at radius 3 is 2.57 bits per heavy atom. The molecule has 37 heavy (non-hydrogen) atoms. The Kier molecular flexibility index (Phi) is 10.0. The number of allylic oxidation sites excluding steroid dienone is 1. The highest BCUT2D eigenvalue weighted by Gasteiger charge is 2.32. The molecule has 0 aliphatic carbocycles. The second kappa shape index (κ2) is 13.4. The molecule has 0 unspecified atom stereocenters. The summed E-state index contributed by atoms with van der Waals surface area (Å²) in [6.07, 6.45) is 1.54. The van der Waals surface area contributed by atoms with Crippen LogP contribution >= 0.6 is 12.2 Å². The third kappa shape index (κ3) is 8.04. The van der Waals surface area contributed by atoms with E-state index in [-0.39, 0.29) is 13.2 Å². The average Bonchev–Trinajstić information content (AvgIpc) is 2.86. The third-order valence-electron chi connectivity index (χ3n) is 5.22. The van der Waals surface area contributed by atoms with E-state index in [1.807, 2.05) is 30.3 Å². The minimum Gasteiger partial charge on any atom is -0.493 e. The summed E-state index contributed by atoms with van der Waals surface area (Å²) in [5.41, 5.74) is 4.89. The van der Waals surface area contributed by atoms with E-state index in [1.54, 1.807) is 32.0 Å². The molecule has 0 radical (unpaired) electrons. The van der Waals surface area contributed by atoms with Gasteiger partial charge in [0.15, 0.2) is 11.7 Å². The van der Waals surface area contributed by atoms with Crippen molar-refractivity contribution in [2.24, 2.45) is 11.0 Å². The number of carbonyl (C=O) groups is 2. The highest BCUT2D eigenvalue weighted by atomic mass is 32.1. The Labute approximate surface area is 222 Å². The van der Waals surface area contributed by atoms with E-state index < -0.39 is 17.9 Å². The third-order valence-corrected chi connectivity index (χ3v) is 5.44. The van der Waals surface area contributed by atoms with Gasteiger partial charge in [-0.2, -0.15) is 5.10 Å². The number of esters is 1. The van der Waals surface area contributed by atoms with Crippen LogP contribution in [0.5, 0.6) is 11.5 Å². The quantitative estimate of drug-likeness (QED) is 0.177. The fourth-order valence-electron chi connectivity index (χ4n) is 3.52. The molecule has 1 amide bonds. The van der Waals surface area contributed by atoms with Gasteiger partial charge < -0.3 is 24.8 Å². The monoisotopic (exact) mass is 524 g/mol. The number of rotatable bonds is 11.